The predicted molar refractivity (Wildman–Crippen MR) is 54.9 cm³/mol. The van der Waals surface area contributed by atoms with Crippen molar-refractivity contribution in [3.8, 4) is 0 Å². The quantitative estimate of drug-likeness (QED) is 0.835. The van der Waals surface area contributed by atoms with Gasteiger partial charge in [-0.25, -0.2) is 4.39 Å². The van der Waals surface area contributed by atoms with Crippen LogP contribution in [0.25, 0.3) is 0 Å². The van der Waals surface area contributed by atoms with Crippen LogP contribution in [0, 0.1) is 12.7 Å². The number of aryl methyl sites for hydroxylation is 1. The molecule has 1 rings (SSSR count). The van der Waals surface area contributed by atoms with Crippen LogP contribution in [0.5, 0.6) is 0 Å². The molecule has 0 saturated carbocycles. The summed E-state index contributed by atoms with van der Waals surface area (Å²) < 4.78 is 52.9. The number of ether oxygens (including phenoxy) is 1. The lowest BCUT2D eigenvalue weighted by Crippen LogP contribution is -2.23. The van der Waals surface area contributed by atoms with Crippen molar-refractivity contribution in [2.75, 3.05) is 13.2 Å². The molecule has 0 bridgehead atoms. The van der Waals surface area contributed by atoms with E-state index in [4.69, 9.17) is 5.73 Å². The molecule has 0 aromatic heterocycles. The Hall–Kier alpha value is -1.14. The van der Waals surface area contributed by atoms with E-state index in [0.29, 0.717) is 11.1 Å². The Morgan fingerprint density at radius 1 is 1.29 bits per heavy atom. The molecule has 6 heteroatoms. The third-order valence-corrected chi connectivity index (χ3v) is 2.06. The van der Waals surface area contributed by atoms with Crippen molar-refractivity contribution in [2.24, 2.45) is 5.73 Å². The topological polar surface area (TPSA) is 35.2 Å². The molecule has 0 saturated heterocycles. The largest absolute Gasteiger partial charge is 0.411 e. The van der Waals surface area contributed by atoms with Crippen molar-refractivity contribution in [1.29, 1.82) is 0 Å². The fourth-order valence-electron chi connectivity index (χ4n) is 1.38. The highest BCUT2D eigenvalue weighted by molar-refractivity contribution is 5.26. The smallest absolute Gasteiger partial charge is 0.370 e. The van der Waals surface area contributed by atoms with Gasteiger partial charge in [0.05, 0.1) is 12.6 Å². The van der Waals surface area contributed by atoms with E-state index in [2.05, 4.69) is 4.74 Å². The van der Waals surface area contributed by atoms with Crippen LogP contribution >= 0.6 is 0 Å². The van der Waals surface area contributed by atoms with E-state index in [-0.39, 0.29) is 6.61 Å². The molecule has 0 aliphatic rings. The Kier molecular flexibility index (Phi) is 4.47. The molecular formula is C11H13F4NO. The van der Waals surface area contributed by atoms with Crippen LogP contribution < -0.4 is 5.73 Å². The van der Waals surface area contributed by atoms with Crippen molar-refractivity contribution in [1.82, 2.24) is 0 Å². The molecule has 0 fully saturated rings. The van der Waals surface area contributed by atoms with Crippen molar-refractivity contribution >= 4 is 0 Å². The van der Waals surface area contributed by atoms with Crippen molar-refractivity contribution < 1.29 is 22.3 Å². The minimum absolute atomic E-state index is 0.303. The highest BCUT2D eigenvalue weighted by Crippen LogP contribution is 2.18. The average Bonchev–Trinajstić information content (AvgIpc) is 2.13. The Bertz CT molecular complexity index is 358. The first-order valence-electron chi connectivity index (χ1n) is 4.95. The standard InChI is InChI=1S/C11H13F4NO/c1-7-2-8(4-9(12)3-7)10(16)5-17-6-11(13,14)15/h2-4,10H,5-6,16H2,1H3. The van der Waals surface area contributed by atoms with Gasteiger partial charge in [-0.05, 0) is 30.2 Å². The van der Waals surface area contributed by atoms with Crippen molar-refractivity contribution in [3.63, 3.8) is 0 Å². The van der Waals surface area contributed by atoms with Gasteiger partial charge in [0.1, 0.15) is 12.4 Å². The summed E-state index contributed by atoms with van der Waals surface area (Å²) in [6, 6.07) is 3.35. The minimum atomic E-state index is -4.38. The van der Waals surface area contributed by atoms with Crippen LogP contribution in [0.2, 0.25) is 0 Å². The third kappa shape index (κ3) is 5.14. The first-order valence-corrected chi connectivity index (χ1v) is 4.95. The minimum Gasteiger partial charge on any atom is -0.370 e. The van der Waals surface area contributed by atoms with Crippen LogP contribution in [-0.4, -0.2) is 19.4 Å². The summed E-state index contributed by atoms with van der Waals surface area (Å²) in [5, 5.41) is 0. The van der Waals surface area contributed by atoms with Gasteiger partial charge in [-0.15, -0.1) is 0 Å². The summed E-state index contributed by atoms with van der Waals surface area (Å²) in [5.74, 6) is -0.466. The van der Waals surface area contributed by atoms with Crippen LogP contribution in [-0.2, 0) is 4.74 Å². The molecule has 1 unspecified atom stereocenters. The monoisotopic (exact) mass is 251 g/mol. The van der Waals surface area contributed by atoms with Crippen molar-refractivity contribution in [3.05, 3.63) is 35.1 Å². The lowest BCUT2D eigenvalue weighted by molar-refractivity contribution is -0.174. The van der Waals surface area contributed by atoms with E-state index in [1.54, 1.807) is 13.0 Å². The van der Waals surface area contributed by atoms with Crippen LogP contribution in [0.1, 0.15) is 17.2 Å². The zero-order chi connectivity index (χ0) is 13.1. The summed E-state index contributed by atoms with van der Waals surface area (Å²) in [4.78, 5) is 0. The van der Waals surface area contributed by atoms with E-state index in [9.17, 15) is 17.6 Å². The molecule has 1 aromatic carbocycles. The van der Waals surface area contributed by atoms with E-state index in [1.165, 1.54) is 12.1 Å². The molecule has 17 heavy (non-hydrogen) atoms. The number of nitrogens with two attached hydrogens (primary N) is 1. The third-order valence-electron chi connectivity index (χ3n) is 2.06. The Morgan fingerprint density at radius 2 is 1.94 bits per heavy atom. The van der Waals surface area contributed by atoms with Crippen molar-refractivity contribution in [2.45, 2.75) is 19.1 Å². The lowest BCUT2D eigenvalue weighted by atomic mass is 10.1. The number of rotatable bonds is 4. The fraction of sp³-hybridized carbons (Fsp3) is 0.455. The summed E-state index contributed by atoms with van der Waals surface area (Å²) in [5.41, 5.74) is 6.68. The fourth-order valence-corrected chi connectivity index (χ4v) is 1.38. The van der Waals surface area contributed by atoms with E-state index in [0.717, 1.165) is 0 Å². The molecule has 0 aliphatic heterocycles. The molecule has 1 aromatic rings. The molecule has 1 atom stereocenters. The van der Waals surface area contributed by atoms with E-state index in [1.807, 2.05) is 0 Å². The zero-order valence-corrected chi connectivity index (χ0v) is 9.22. The van der Waals surface area contributed by atoms with Crippen LogP contribution in [0.3, 0.4) is 0 Å². The Morgan fingerprint density at radius 3 is 2.47 bits per heavy atom. The Balaban J connectivity index is 2.55. The SMILES string of the molecule is Cc1cc(F)cc(C(N)COCC(F)(F)F)c1. The second-order valence-corrected chi connectivity index (χ2v) is 3.80. The summed E-state index contributed by atoms with van der Waals surface area (Å²) in [7, 11) is 0. The molecule has 2 N–H and O–H groups in total. The predicted octanol–water partition coefficient (Wildman–Crippen LogP) is 2.71. The van der Waals surface area contributed by atoms with Gasteiger partial charge in [0.15, 0.2) is 0 Å². The molecular weight excluding hydrogens is 238 g/mol. The number of hydrogen-bond acceptors (Lipinski definition) is 2. The number of benzene rings is 1. The van der Waals surface area contributed by atoms with E-state index < -0.39 is 24.6 Å². The maximum absolute atomic E-state index is 13.0. The van der Waals surface area contributed by atoms with Gasteiger partial charge in [0.25, 0.3) is 0 Å². The highest BCUT2D eigenvalue weighted by Gasteiger charge is 2.27. The van der Waals surface area contributed by atoms with Gasteiger partial charge in [-0.3, -0.25) is 0 Å². The second-order valence-electron chi connectivity index (χ2n) is 3.80. The summed E-state index contributed by atoms with van der Waals surface area (Å²) in [6.45, 7) is 0.0211. The number of alkyl halides is 3. The van der Waals surface area contributed by atoms with Gasteiger partial charge in [-0.1, -0.05) is 6.07 Å². The van der Waals surface area contributed by atoms with Gasteiger partial charge in [0.2, 0.25) is 0 Å². The van der Waals surface area contributed by atoms with Gasteiger partial charge < -0.3 is 10.5 Å². The Labute approximate surface area is 96.4 Å². The second kappa shape index (κ2) is 5.46. The van der Waals surface area contributed by atoms with E-state index >= 15 is 0 Å². The van der Waals surface area contributed by atoms with Crippen LogP contribution in [0.15, 0.2) is 18.2 Å². The summed E-state index contributed by atoms with van der Waals surface area (Å²) in [6.07, 6.45) is -4.38. The first-order chi connectivity index (χ1) is 7.78. The maximum Gasteiger partial charge on any atom is 0.411 e. The number of halogens is 4. The molecule has 0 heterocycles. The molecule has 0 radical (unpaired) electrons. The lowest BCUT2D eigenvalue weighted by Gasteiger charge is -2.14. The van der Waals surface area contributed by atoms with Gasteiger partial charge >= 0.3 is 6.18 Å². The number of hydrogen-bond donors (Lipinski definition) is 1. The maximum atomic E-state index is 13.0. The van der Waals surface area contributed by atoms with Gasteiger partial charge in [0, 0.05) is 0 Å². The first kappa shape index (κ1) is 13.9. The average molecular weight is 251 g/mol. The molecule has 0 aliphatic carbocycles. The zero-order valence-electron chi connectivity index (χ0n) is 9.22. The highest BCUT2D eigenvalue weighted by atomic mass is 19.4. The summed E-state index contributed by atoms with van der Waals surface area (Å²) >= 11 is 0. The normalized spacial score (nSPS) is 13.8. The molecule has 96 valence electrons. The van der Waals surface area contributed by atoms with Crippen LogP contribution in [0.4, 0.5) is 17.6 Å². The van der Waals surface area contributed by atoms with Gasteiger partial charge in [-0.2, -0.15) is 13.2 Å². The molecule has 2 nitrogen and oxygen atoms in total. The molecule has 0 spiro atoms. The molecule has 0 amide bonds.